The van der Waals surface area contributed by atoms with E-state index in [0.717, 1.165) is 22.4 Å². The molecule has 0 radical (unpaired) electrons. The van der Waals surface area contributed by atoms with Crippen LogP contribution in [0.2, 0.25) is 0 Å². The van der Waals surface area contributed by atoms with Crippen molar-refractivity contribution in [3.05, 3.63) is 66.4 Å². The van der Waals surface area contributed by atoms with Gasteiger partial charge in [0.15, 0.2) is 0 Å². The number of carbonyl (C=O) groups excluding carboxylic acids is 2. The molecule has 0 spiro atoms. The van der Waals surface area contributed by atoms with Crippen molar-refractivity contribution in [2.45, 2.75) is 19.8 Å². The van der Waals surface area contributed by atoms with E-state index in [-0.39, 0.29) is 17.7 Å². The first-order valence-electron chi connectivity index (χ1n) is 9.40. The first kappa shape index (κ1) is 18.0. The fourth-order valence-electron chi connectivity index (χ4n) is 3.35. The molecule has 1 aliphatic heterocycles. The van der Waals surface area contributed by atoms with Gasteiger partial charge in [0.2, 0.25) is 11.8 Å². The molecule has 2 N–H and O–H groups in total. The van der Waals surface area contributed by atoms with Crippen molar-refractivity contribution in [3.63, 3.8) is 0 Å². The first-order valence-corrected chi connectivity index (χ1v) is 9.40. The molecule has 142 valence electrons. The van der Waals surface area contributed by atoms with E-state index >= 15 is 0 Å². The van der Waals surface area contributed by atoms with E-state index in [2.05, 4.69) is 15.7 Å². The van der Waals surface area contributed by atoms with Crippen molar-refractivity contribution < 1.29 is 9.59 Å². The predicted molar refractivity (Wildman–Crippen MR) is 108 cm³/mol. The number of benzene rings is 2. The minimum Gasteiger partial charge on any atom is -0.355 e. The Morgan fingerprint density at radius 2 is 1.89 bits per heavy atom. The lowest BCUT2D eigenvalue weighted by Gasteiger charge is -2.22. The highest BCUT2D eigenvalue weighted by molar-refractivity contribution is 5.97. The number of nitrogens with one attached hydrogen (secondary N) is 2. The van der Waals surface area contributed by atoms with Crippen molar-refractivity contribution >= 4 is 17.6 Å². The second-order valence-electron chi connectivity index (χ2n) is 7.05. The smallest absolute Gasteiger partial charge is 0.230 e. The third kappa shape index (κ3) is 3.67. The molecule has 1 fully saturated rings. The fourth-order valence-corrected chi connectivity index (χ4v) is 3.35. The molecule has 2 heterocycles. The number of nitrogens with zero attached hydrogens (tertiary/aromatic N) is 2. The van der Waals surface area contributed by atoms with E-state index in [4.69, 9.17) is 0 Å². The van der Waals surface area contributed by atoms with Gasteiger partial charge in [0.25, 0.3) is 0 Å². The molecule has 6 nitrogen and oxygen atoms in total. The molecule has 6 heteroatoms. The van der Waals surface area contributed by atoms with Crippen LogP contribution in [0.3, 0.4) is 0 Å². The summed E-state index contributed by atoms with van der Waals surface area (Å²) in [6.45, 7) is 2.40. The van der Waals surface area contributed by atoms with Gasteiger partial charge >= 0.3 is 0 Å². The van der Waals surface area contributed by atoms with Crippen LogP contribution in [0.1, 0.15) is 18.4 Å². The largest absolute Gasteiger partial charge is 0.355 e. The van der Waals surface area contributed by atoms with E-state index in [0.29, 0.717) is 25.2 Å². The second kappa shape index (κ2) is 7.68. The number of piperidine rings is 1. The Bertz CT molecular complexity index is 983. The number of hydrogen-bond acceptors (Lipinski definition) is 3. The van der Waals surface area contributed by atoms with Gasteiger partial charge in [-0.3, -0.25) is 9.59 Å². The molecule has 0 saturated carbocycles. The van der Waals surface area contributed by atoms with Gasteiger partial charge in [-0.15, -0.1) is 0 Å². The van der Waals surface area contributed by atoms with Gasteiger partial charge in [-0.2, -0.15) is 5.10 Å². The highest BCUT2D eigenvalue weighted by atomic mass is 16.2. The number of rotatable bonds is 4. The second-order valence-corrected chi connectivity index (χ2v) is 7.05. The zero-order valence-electron chi connectivity index (χ0n) is 15.7. The Balaban J connectivity index is 1.70. The lowest BCUT2D eigenvalue weighted by Crippen LogP contribution is -2.40. The molecule has 3 aromatic rings. The molecular weight excluding hydrogens is 352 g/mol. The van der Waals surface area contributed by atoms with Crippen molar-refractivity contribution in [1.82, 2.24) is 15.1 Å². The van der Waals surface area contributed by atoms with E-state index in [1.807, 2.05) is 61.5 Å². The predicted octanol–water partition coefficient (Wildman–Crippen LogP) is 3.31. The normalized spacial score (nSPS) is 16.5. The van der Waals surface area contributed by atoms with Gasteiger partial charge in [-0.25, -0.2) is 4.68 Å². The van der Waals surface area contributed by atoms with Crippen LogP contribution in [0.4, 0.5) is 5.82 Å². The maximum Gasteiger partial charge on any atom is 0.230 e. The van der Waals surface area contributed by atoms with Crippen molar-refractivity contribution in [2.24, 2.45) is 5.92 Å². The van der Waals surface area contributed by atoms with Crippen LogP contribution in [0.5, 0.6) is 0 Å². The lowest BCUT2D eigenvalue weighted by atomic mass is 9.98. The number of aromatic nitrogens is 2. The monoisotopic (exact) mass is 374 g/mol. The highest BCUT2D eigenvalue weighted by Gasteiger charge is 2.26. The first-order chi connectivity index (χ1) is 13.6. The zero-order chi connectivity index (χ0) is 19.5. The van der Waals surface area contributed by atoms with Crippen LogP contribution in [0, 0.1) is 12.8 Å². The molecular formula is C22H22N4O2. The molecule has 2 aromatic carbocycles. The summed E-state index contributed by atoms with van der Waals surface area (Å²) < 4.78 is 1.75. The van der Waals surface area contributed by atoms with Crippen LogP contribution < -0.4 is 10.6 Å². The quantitative estimate of drug-likeness (QED) is 0.736. The fraction of sp³-hybridized carbons (Fsp3) is 0.227. The minimum absolute atomic E-state index is 0.00118. The molecule has 1 saturated heterocycles. The van der Waals surface area contributed by atoms with E-state index < -0.39 is 0 Å². The van der Waals surface area contributed by atoms with Gasteiger partial charge in [0.1, 0.15) is 5.82 Å². The van der Waals surface area contributed by atoms with Crippen LogP contribution in [-0.4, -0.2) is 28.1 Å². The summed E-state index contributed by atoms with van der Waals surface area (Å²) in [4.78, 5) is 24.3. The molecule has 1 aromatic heterocycles. The summed E-state index contributed by atoms with van der Waals surface area (Å²) in [5.74, 6) is 0.282. The van der Waals surface area contributed by atoms with E-state index in [1.165, 1.54) is 0 Å². The Morgan fingerprint density at radius 1 is 1.14 bits per heavy atom. The Kier molecular flexibility index (Phi) is 4.93. The number of anilines is 1. The van der Waals surface area contributed by atoms with E-state index in [9.17, 15) is 9.59 Å². The summed E-state index contributed by atoms with van der Waals surface area (Å²) in [6, 6.07) is 17.8. The average Bonchev–Trinajstić information content (AvgIpc) is 3.13. The molecule has 2 amide bonds. The van der Waals surface area contributed by atoms with Gasteiger partial charge in [0, 0.05) is 18.5 Å². The number of hydrogen-bond donors (Lipinski definition) is 2. The maximum atomic E-state index is 12.9. The number of carbonyl (C=O) groups is 2. The van der Waals surface area contributed by atoms with E-state index in [1.54, 1.807) is 10.9 Å². The SMILES string of the molecule is Cc1ccc(-n2ncc(-c3ccccc3)c2NC(=O)C2CCC(=O)NC2)cc1. The highest BCUT2D eigenvalue weighted by Crippen LogP contribution is 2.30. The Morgan fingerprint density at radius 3 is 2.57 bits per heavy atom. The topological polar surface area (TPSA) is 76.0 Å². The van der Waals surface area contributed by atoms with Crippen LogP contribution in [0.15, 0.2) is 60.8 Å². The van der Waals surface area contributed by atoms with Gasteiger partial charge < -0.3 is 10.6 Å². The van der Waals surface area contributed by atoms with Gasteiger partial charge in [0.05, 0.1) is 17.8 Å². The standard InChI is InChI=1S/C22H22N4O2/c1-15-7-10-18(11-8-15)26-21(19(14-24-26)16-5-3-2-4-6-16)25-22(28)17-9-12-20(27)23-13-17/h2-8,10-11,14,17H,9,12-13H2,1H3,(H,23,27)(H,25,28). The lowest BCUT2D eigenvalue weighted by molar-refractivity contribution is -0.126. The third-order valence-corrected chi connectivity index (χ3v) is 5.01. The van der Waals surface area contributed by atoms with Crippen molar-refractivity contribution in [1.29, 1.82) is 0 Å². The molecule has 1 aliphatic rings. The molecule has 1 atom stereocenters. The van der Waals surface area contributed by atoms with Crippen molar-refractivity contribution in [2.75, 3.05) is 11.9 Å². The van der Waals surface area contributed by atoms with Crippen LogP contribution >= 0.6 is 0 Å². The summed E-state index contributed by atoms with van der Waals surface area (Å²) in [5.41, 5.74) is 3.87. The van der Waals surface area contributed by atoms with Crippen molar-refractivity contribution in [3.8, 4) is 16.8 Å². The van der Waals surface area contributed by atoms with Crippen LogP contribution in [-0.2, 0) is 9.59 Å². The summed E-state index contributed by atoms with van der Waals surface area (Å²) in [7, 11) is 0. The molecule has 4 rings (SSSR count). The third-order valence-electron chi connectivity index (χ3n) is 5.01. The average molecular weight is 374 g/mol. The van der Waals surface area contributed by atoms with Gasteiger partial charge in [-0.05, 0) is 31.0 Å². The Hall–Kier alpha value is -3.41. The van der Waals surface area contributed by atoms with Crippen LogP contribution in [0.25, 0.3) is 16.8 Å². The maximum absolute atomic E-state index is 12.9. The molecule has 1 unspecified atom stereocenters. The molecule has 28 heavy (non-hydrogen) atoms. The minimum atomic E-state index is -0.248. The van der Waals surface area contributed by atoms with Gasteiger partial charge in [-0.1, -0.05) is 48.0 Å². The zero-order valence-corrected chi connectivity index (χ0v) is 15.7. The summed E-state index contributed by atoms with van der Waals surface area (Å²) >= 11 is 0. The number of aryl methyl sites for hydroxylation is 1. The summed E-state index contributed by atoms with van der Waals surface area (Å²) in [6.07, 6.45) is 2.70. The Labute approximate surface area is 163 Å². The molecule has 0 aliphatic carbocycles. The molecule has 0 bridgehead atoms. The summed E-state index contributed by atoms with van der Waals surface area (Å²) in [5, 5.41) is 10.4. The number of amides is 2.